The molecule has 0 aliphatic carbocycles. The average molecular weight is 415 g/mol. The van der Waals surface area contributed by atoms with E-state index in [2.05, 4.69) is 10.00 Å². The van der Waals surface area contributed by atoms with Crippen molar-refractivity contribution in [3.05, 3.63) is 18.5 Å². The van der Waals surface area contributed by atoms with E-state index in [1.54, 1.807) is 15.6 Å². The highest BCUT2D eigenvalue weighted by molar-refractivity contribution is 6.64. The highest BCUT2D eigenvalue weighted by Crippen LogP contribution is 2.36. The van der Waals surface area contributed by atoms with Crippen molar-refractivity contribution in [1.29, 1.82) is 0 Å². The zero-order valence-corrected chi connectivity index (χ0v) is 18.6. The first-order chi connectivity index (χ1) is 14.1. The first kappa shape index (κ1) is 20.9. The summed E-state index contributed by atoms with van der Waals surface area (Å²) in [5.41, 5.74) is 0.678. The maximum absolute atomic E-state index is 12.1. The van der Waals surface area contributed by atoms with Gasteiger partial charge in [-0.05, 0) is 47.6 Å². The summed E-state index contributed by atoms with van der Waals surface area (Å²) in [7, 11) is -0.516. The normalized spacial score (nSPS) is 21.0. The van der Waals surface area contributed by atoms with Crippen LogP contribution in [0.2, 0.25) is 0 Å². The van der Waals surface area contributed by atoms with Crippen molar-refractivity contribution in [3.63, 3.8) is 0 Å². The zero-order valence-electron chi connectivity index (χ0n) is 18.6. The highest BCUT2D eigenvalue weighted by atomic mass is 16.7. The van der Waals surface area contributed by atoms with Crippen molar-refractivity contribution in [2.75, 3.05) is 31.1 Å². The molecule has 0 unspecified atom stereocenters. The van der Waals surface area contributed by atoms with Crippen LogP contribution in [-0.4, -0.2) is 76.2 Å². The van der Waals surface area contributed by atoms with Crippen molar-refractivity contribution >= 4 is 30.1 Å². The van der Waals surface area contributed by atoms with E-state index in [1.807, 2.05) is 53.8 Å². The lowest BCUT2D eigenvalue weighted by molar-refractivity contribution is 0.00578. The Balaban J connectivity index is 1.51. The molecule has 0 saturated carbocycles. The predicted octanol–water partition coefficient (Wildman–Crippen LogP) is 1.70. The number of ether oxygens (including phenoxy) is 1. The minimum Gasteiger partial charge on any atom is -0.447 e. The van der Waals surface area contributed by atoms with Crippen molar-refractivity contribution < 1.29 is 18.8 Å². The van der Waals surface area contributed by atoms with Gasteiger partial charge in [-0.3, -0.25) is 0 Å². The summed E-state index contributed by atoms with van der Waals surface area (Å²) in [6.07, 6.45) is 3.28. The molecule has 2 aromatic heterocycles. The molecule has 0 spiro atoms. The summed E-state index contributed by atoms with van der Waals surface area (Å²) in [6.45, 7) is 14.4. The van der Waals surface area contributed by atoms with E-state index < -0.39 is 18.3 Å². The van der Waals surface area contributed by atoms with Gasteiger partial charge in [0, 0.05) is 37.8 Å². The Kier molecular flexibility index (Phi) is 5.18. The number of amides is 1. The summed E-state index contributed by atoms with van der Waals surface area (Å²) < 4.78 is 19.4. The second kappa shape index (κ2) is 7.42. The molecule has 9 nitrogen and oxygen atoms in total. The number of carbonyl (C=O) groups is 1. The lowest BCUT2D eigenvalue weighted by Crippen LogP contribution is -2.49. The predicted molar refractivity (Wildman–Crippen MR) is 114 cm³/mol. The van der Waals surface area contributed by atoms with Crippen molar-refractivity contribution in [2.45, 2.75) is 58.8 Å². The Hall–Kier alpha value is -2.33. The summed E-state index contributed by atoms with van der Waals surface area (Å²) in [5.74, 6) is 0.845. The molecule has 30 heavy (non-hydrogen) atoms. The Morgan fingerprint density at radius 2 is 1.77 bits per heavy atom. The molecule has 2 fully saturated rings. The number of aromatic nitrogens is 3. The Labute approximate surface area is 177 Å². The van der Waals surface area contributed by atoms with Crippen LogP contribution in [0.5, 0.6) is 0 Å². The number of piperazine rings is 1. The molecule has 2 aliphatic rings. The summed E-state index contributed by atoms with van der Waals surface area (Å²) in [6, 6.07) is 1.94. The van der Waals surface area contributed by atoms with Crippen LogP contribution >= 0.6 is 0 Å². The van der Waals surface area contributed by atoms with Crippen LogP contribution in [0.3, 0.4) is 0 Å². The van der Waals surface area contributed by atoms with Gasteiger partial charge in [0.15, 0.2) is 5.65 Å². The smallest absolute Gasteiger partial charge is 0.447 e. The van der Waals surface area contributed by atoms with Gasteiger partial charge >= 0.3 is 13.2 Å². The van der Waals surface area contributed by atoms with Gasteiger partial charge in [0.25, 0.3) is 0 Å². The van der Waals surface area contributed by atoms with Crippen LogP contribution in [0, 0.1) is 0 Å². The number of nitrogens with zero attached hydrogens (tertiary/aromatic N) is 5. The molecule has 0 atom stereocenters. The van der Waals surface area contributed by atoms with Crippen LogP contribution < -0.4 is 10.4 Å². The largest absolute Gasteiger partial charge is 0.500 e. The first-order valence-electron chi connectivity index (χ1n) is 10.5. The molecular weight excluding hydrogens is 385 g/mol. The minimum absolute atomic E-state index is 0.116. The van der Waals surface area contributed by atoms with E-state index in [9.17, 15) is 4.79 Å². The number of anilines is 1. The van der Waals surface area contributed by atoms with Gasteiger partial charge in [-0.1, -0.05) is 0 Å². The topological polar surface area (TPSA) is 81.4 Å². The van der Waals surface area contributed by atoms with Gasteiger partial charge in [-0.2, -0.15) is 5.10 Å². The number of hydrogen-bond donors (Lipinski definition) is 0. The fraction of sp³-hybridized carbons (Fsp3) is 0.650. The molecule has 0 bridgehead atoms. The van der Waals surface area contributed by atoms with Crippen LogP contribution in [0.4, 0.5) is 10.6 Å². The molecule has 2 aromatic rings. The fourth-order valence-electron chi connectivity index (χ4n) is 3.58. The molecule has 10 heteroatoms. The molecule has 2 aliphatic heterocycles. The van der Waals surface area contributed by atoms with Crippen LogP contribution in [0.15, 0.2) is 18.5 Å². The van der Waals surface area contributed by atoms with Crippen LogP contribution in [0.1, 0.15) is 41.5 Å². The third kappa shape index (κ3) is 3.74. The zero-order chi connectivity index (χ0) is 21.7. The SMILES string of the molecule is CC(C)OC(=O)N1CCN(c2ccn3ncc(B4OC(C)(C)C(C)(C)O4)c3n2)CC1. The summed E-state index contributed by atoms with van der Waals surface area (Å²) >= 11 is 0. The summed E-state index contributed by atoms with van der Waals surface area (Å²) in [4.78, 5) is 20.9. The molecule has 0 N–H and O–H groups in total. The van der Waals surface area contributed by atoms with Gasteiger partial charge in [-0.25, -0.2) is 14.3 Å². The molecule has 1 amide bonds. The minimum atomic E-state index is -0.516. The average Bonchev–Trinajstić information content (AvgIpc) is 3.18. The van der Waals surface area contributed by atoms with Crippen molar-refractivity contribution in [1.82, 2.24) is 19.5 Å². The Morgan fingerprint density at radius 1 is 1.13 bits per heavy atom. The second-order valence-corrected chi connectivity index (χ2v) is 9.15. The van der Waals surface area contributed by atoms with Gasteiger partial charge in [0.2, 0.25) is 0 Å². The molecule has 0 radical (unpaired) electrons. The number of rotatable bonds is 3. The number of fused-ring (bicyclic) bond motifs is 1. The Morgan fingerprint density at radius 3 is 2.37 bits per heavy atom. The van der Waals surface area contributed by atoms with Crippen LogP contribution in [0.25, 0.3) is 5.65 Å². The quantitative estimate of drug-likeness (QED) is 0.706. The standard InChI is InChI=1S/C20H30BN5O4/c1-14(2)28-18(27)25-11-9-24(10-12-25)16-7-8-26-17(23-16)15(13-22-26)21-29-19(3,4)20(5,6)30-21/h7-8,13-14H,9-12H2,1-6H3. The highest BCUT2D eigenvalue weighted by Gasteiger charge is 2.52. The lowest BCUT2D eigenvalue weighted by atomic mass is 9.81. The molecule has 0 aromatic carbocycles. The van der Waals surface area contributed by atoms with Gasteiger partial charge < -0.3 is 23.8 Å². The third-order valence-corrected chi connectivity index (χ3v) is 6.09. The monoisotopic (exact) mass is 415 g/mol. The first-order valence-corrected chi connectivity index (χ1v) is 10.5. The van der Waals surface area contributed by atoms with Crippen molar-refractivity contribution in [3.8, 4) is 0 Å². The molecule has 4 heterocycles. The molecule has 4 rings (SSSR count). The van der Waals surface area contributed by atoms with Gasteiger partial charge in [-0.15, -0.1) is 0 Å². The maximum Gasteiger partial charge on any atom is 0.500 e. The lowest BCUT2D eigenvalue weighted by Gasteiger charge is -2.35. The molecular formula is C20H30BN5O4. The van der Waals surface area contributed by atoms with E-state index in [0.717, 1.165) is 11.3 Å². The van der Waals surface area contributed by atoms with E-state index in [-0.39, 0.29) is 12.2 Å². The number of carbonyl (C=O) groups excluding carboxylic acids is 1. The number of hydrogen-bond acceptors (Lipinski definition) is 7. The summed E-state index contributed by atoms with van der Waals surface area (Å²) in [5, 5.41) is 4.41. The van der Waals surface area contributed by atoms with Crippen molar-refractivity contribution in [2.24, 2.45) is 0 Å². The van der Waals surface area contributed by atoms with E-state index in [4.69, 9.17) is 19.0 Å². The third-order valence-electron chi connectivity index (χ3n) is 6.09. The Bertz CT molecular complexity index is 920. The van der Waals surface area contributed by atoms with Gasteiger partial charge in [0.05, 0.1) is 23.5 Å². The van der Waals surface area contributed by atoms with E-state index >= 15 is 0 Å². The molecule has 2 saturated heterocycles. The fourth-order valence-corrected chi connectivity index (χ4v) is 3.58. The maximum atomic E-state index is 12.1. The second-order valence-electron chi connectivity index (χ2n) is 9.15. The van der Waals surface area contributed by atoms with Crippen LogP contribution in [-0.2, 0) is 14.0 Å². The van der Waals surface area contributed by atoms with E-state index in [1.165, 1.54) is 0 Å². The van der Waals surface area contributed by atoms with E-state index in [0.29, 0.717) is 31.8 Å². The van der Waals surface area contributed by atoms with Gasteiger partial charge in [0.1, 0.15) is 5.82 Å². The molecule has 162 valence electrons.